The Labute approximate surface area is 92.3 Å². The predicted octanol–water partition coefficient (Wildman–Crippen LogP) is 4.43. The molecule has 0 aliphatic carbocycles. The van der Waals surface area contributed by atoms with Crippen molar-refractivity contribution in [3.63, 3.8) is 0 Å². The summed E-state index contributed by atoms with van der Waals surface area (Å²) in [5, 5.41) is 0. The molecule has 0 spiro atoms. The zero-order valence-electron chi connectivity index (χ0n) is 9.45. The lowest BCUT2D eigenvalue weighted by atomic mass is 9.88. The van der Waals surface area contributed by atoms with Crippen molar-refractivity contribution in [2.45, 2.75) is 33.4 Å². The third-order valence-corrected chi connectivity index (χ3v) is 2.07. The molecule has 0 nitrogen and oxygen atoms in total. The van der Waals surface area contributed by atoms with Crippen molar-refractivity contribution < 1.29 is 17.6 Å². The standard InChI is InChI=1S/C12H14F4/c1-11(2,3)7-8-4-5-9(10(13)6-8)12(14,15)16/h4-6H,7H2,1-3H3. The van der Waals surface area contributed by atoms with Crippen LogP contribution in [0, 0.1) is 11.2 Å². The molecule has 0 aliphatic rings. The molecule has 0 atom stereocenters. The van der Waals surface area contributed by atoms with E-state index in [-0.39, 0.29) is 5.41 Å². The van der Waals surface area contributed by atoms with E-state index in [1.807, 2.05) is 20.8 Å². The Kier molecular flexibility index (Phi) is 3.31. The second kappa shape index (κ2) is 4.07. The van der Waals surface area contributed by atoms with Gasteiger partial charge in [-0.15, -0.1) is 0 Å². The average Bonchev–Trinajstić information content (AvgIpc) is 1.97. The van der Waals surface area contributed by atoms with Crippen LogP contribution >= 0.6 is 0 Å². The molecule has 0 bridgehead atoms. The topological polar surface area (TPSA) is 0 Å². The van der Waals surface area contributed by atoms with Crippen molar-refractivity contribution in [3.05, 3.63) is 35.1 Å². The molecule has 0 heterocycles. The van der Waals surface area contributed by atoms with Crippen LogP contribution in [0.15, 0.2) is 18.2 Å². The Morgan fingerprint density at radius 3 is 2.00 bits per heavy atom. The first-order valence-corrected chi connectivity index (χ1v) is 4.95. The van der Waals surface area contributed by atoms with Gasteiger partial charge in [0.05, 0.1) is 5.56 Å². The van der Waals surface area contributed by atoms with E-state index in [1.54, 1.807) is 0 Å². The lowest BCUT2D eigenvalue weighted by Gasteiger charge is -2.18. The van der Waals surface area contributed by atoms with Crippen LogP contribution in [0.5, 0.6) is 0 Å². The van der Waals surface area contributed by atoms with Gasteiger partial charge in [-0.2, -0.15) is 13.2 Å². The number of benzene rings is 1. The molecular weight excluding hydrogens is 220 g/mol. The first kappa shape index (κ1) is 13.0. The van der Waals surface area contributed by atoms with E-state index in [4.69, 9.17) is 0 Å². The molecule has 90 valence electrons. The number of hydrogen-bond donors (Lipinski definition) is 0. The van der Waals surface area contributed by atoms with Gasteiger partial charge in [0.2, 0.25) is 0 Å². The number of hydrogen-bond acceptors (Lipinski definition) is 0. The van der Waals surface area contributed by atoms with Crippen LogP contribution in [0.3, 0.4) is 0 Å². The lowest BCUT2D eigenvalue weighted by Crippen LogP contribution is -2.12. The highest BCUT2D eigenvalue weighted by Gasteiger charge is 2.33. The average molecular weight is 234 g/mol. The Balaban J connectivity index is 3.01. The number of rotatable bonds is 1. The Morgan fingerprint density at radius 2 is 1.62 bits per heavy atom. The minimum Gasteiger partial charge on any atom is -0.206 e. The molecule has 4 heteroatoms. The fourth-order valence-electron chi connectivity index (χ4n) is 1.51. The van der Waals surface area contributed by atoms with Crippen LogP contribution in [0.1, 0.15) is 31.9 Å². The molecule has 0 saturated carbocycles. The molecule has 0 fully saturated rings. The highest BCUT2D eigenvalue weighted by Crippen LogP contribution is 2.32. The van der Waals surface area contributed by atoms with Crippen molar-refractivity contribution >= 4 is 0 Å². The summed E-state index contributed by atoms with van der Waals surface area (Å²) < 4.78 is 50.0. The SMILES string of the molecule is CC(C)(C)Cc1ccc(C(F)(F)F)c(F)c1. The second-order valence-corrected chi connectivity index (χ2v) is 5.05. The highest BCUT2D eigenvalue weighted by molar-refractivity contribution is 5.27. The van der Waals surface area contributed by atoms with Crippen LogP contribution in [0.4, 0.5) is 17.6 Å². The molecule has 1 aromatic rings. The predicted molar refractivity (Wildman–Crippen MR) is 54.6 cm³/mol. The molecule has 0 aromatic heterocycles. The van der Waals surface area contributed by atoms with Crippen LogP contribution in [-0.4, -0.2) is 0 Å². The van der Waals surface area contributed by atoms with Crippen molar-refractivity contribution in [3.8, 4) is 0 Å². The van der Waals surface area contributed by atoms with Crippen molar-refractivity contribution in [1.29, 1.82) is 0 Å². The second-order valence-electron chi connectivity index (χ2n) is 5.05. The molecule has 0 unspecified atom stereocenters. The Hall–Kier alpha value is -1.06. The van der Waals surface area contributed by atoms with E-state index >= 15 is 0 Å². The summed E-state index contributed by atoms with van der Waals surface area (Å²) in [5.41, 5.74) is -0.699. The fraction of sp³-hybridized carbons (Fsp3) is 0.500. The van der Waals surface area contributed by atoms with Crippen LogP contribution in [-0.2, 0) is 12.6 Å². The van der Waals surface area contributed by atoms with Crippen molar-refractivity contribution in [2.75, 3.05) is 0 Å². The molecule has 0 saturated heterocycles. The Morgan fingerprint density at radius 1 is 1.06 bits per heavy atom. The summed E-state index contributed by atoms with van der Waals surface area (Å²) in [6.45, 7) is 5.84. The maximum absolute atomic E-state index is 13.2. The smallest absolute Gasteiger partial charge is 0.206 e. The largest absolute Gasteiger partial charge is 0.419 e. The van der Waals surface area contributed by atoms with E-state index in [9.17, 15) is 17.6 Å². The van der Waals surface area contributed by atoms with Gasteiger partial charge in [-0.05, 0) is 29.5 Å². The quantitative estimate of drug-likeness (QED) is 0.630. The fourth-order valence-corrected chi connectivity index (χ4v) is 1.51. The number of halogens is 4. The molecule has 0 aliphatic heterocycles. The summed E-state index contributed by atoms with van der Waals surface area (Å²) in [7, 11) is 0. The molecule has 16 heavy (non-hydrogen) atoms. The first-order valence-electron chi connectivity index (χ1n) is 4.95. The van der Waals surface area contributed by atoms with E-state index in [0.29, 0.717) is 12.0 Å². The van der Waals surface area contributed by atoms with E-state index < -0.39 is 17.6 Å². The molecule has 0 N–H and O–H groups in total. The maximum atomic E-state index is 13.2. The van der Waals surface area contributed by atoms with Crippen LogP contribution in [0.25, 0.3) is 0 Å². The van der Waals surface area contributed by atoms with Gasteiger partial charge >= 0.3 is 6.18 Å². The van der Waals surface area contributed by atoms with Crippen molar-refractivity contribution in [2.24, 2.45) is 5.41 Å². The molecule has 0 amide bonds. The van der Waals surface area contributed by atoms with E-state index in [0.717, 1.165) is 12.1 Å². The van der Waals surface area contributed by atoms with E-state index in [2.05, 4.69) is 0 Å². The highest BCUT2D eigenvalue weighted by atomic mass is 19.4. The van der Waals surface area contributed by atoms with Gasteiger partial charge in [-0.1, -0.05) is 26.8 Å². The van der Waals surface area contributed by atoms with Crippen LogP contribution in [0.2, 0.25) is 0 Å². The maximum Gasteiger partial charge on any atom is 0.419 e. The summed E-state index contributed by atoms with van der Waals surface area (Å²) in [4.78, 5) is 0. The lowest BCUT2D eigenvalue weighted by molar-refractivity contribution is -0.140. The summed E-state index contributed by atoms with van der Waals surface area (Å²) in [5.74, 6) is -1.20. The first-order chi connectivity index (χ1) is 7.09. The Bertz CT molecular complexity index is 372. The molecular formula is C12H14F4. The van der Waals surface area contributed by atoms with Gasteiger partial charge in [0, 0.05) is 0 Å². The van der Waals surface area contributed by atoms with E-state index in [1.165, 1.54) is 6.07 Å². The van der Waals surface area contributed by atoms with Gasteiger partial charge in [0.25, 0.3) is 0 Å². The minimum absolute atomic E-state index is 0.0772. The molecule has 0 radical (unpaired) electrons. The molecule has 1 rings (SSSR count). The van der Waals surface area contributed by atoms with Gasteiger partial charge in [-0.3, -0.25) is 0 Å². The molecule has 1 aromatic carbocycles. The zero-order valence-corrected chi connectivity index (χ0v) is 9.45. The zero-order chi connectivity index (χ0) is 12.6. The normalized spacial score (nSPS) is 12.9. The third-order valence-electron chi connectivity index (χ3n) is 2.07. The van der Waals surface area contributed by atoms with Crippen molar-refractivity contribution in [1.82, 2.24) is 0 Å². The van der Waals surface area contributed by atoms with Gasteiger partial charge in [0.1, 0.15) is 5.82 Å². The summed E-state index contributed by atoms with van der Waals surface area (Å²) in [6, 6.07) is 3.10. The van der Waals surface area contributed by atoms with Crippen LogP contribution < -0.4 is 0 Å². The van der Waals surface area contributed by atoms with Gasteiger partial charge < -0.3 is 0 Å². The van der Waals surface area contributed by atoms with Gasteiger partial charge in [0.15, 0.2) is 0 Å². The summed E-state index contributed by atoms with van der Waals surface area (Å²) in [6.07, 6.45) is -4.08. The monoisotopic (exact) mass is 234 g/mol. The minimum atomic E-state index is -4.62. The summed E-state index contributed by atoms with van der Waals surface area (Å²) >= 11 is 0. The van der Waals surface area contributed by atoms with Gasteiger partial charge in [-0.25, -0.2) is 4.39 Å². The third kappa shape index (κ3) is 3.51. The number of alkyl halides is 3.